The smallest absolute Gasteiger partial charge is 0.277 e. The Morgan fingerprint density at radius 1 is 1.22 bits per heavy atom. The van der Waals surface area contributed by atoms with Gasteiger partial charge in [-0.05, 0) is 18.1 Å². The summed E-state index contributed by atoms with van der Waals surface area (Å²) in [5, 5.41) is 5.30. The third-order valence-corrected chi connectivity index (χ3v) is 5.53. The van der Waals surface area contributed by atoms with Crippen LogP contribution in [0.25, 0.3) is 5.52 Å². The highest BCUT2D eigenvalue weighted by Crippen LogP contribution is 2.28. The number of benzene rings is 1. The molecule has 3 aromatic rings. The second kappa shape index (κ2) is 11.7. The van der Waals surface area contributed by atoms with Crippen molar-refractivity contribution < 1.29 is 4.79 Å². The fraction of sp³-hybridized carbons (Fsp3) is 0.435. The molecule has 0 bridgehead atoms. The summed E-state index contributed by atoms with van der Waals surface area (Å²) in [7, 11) is 1.53. The minimum absolute atomic E-state index is 0.0878. The maximum Gasteiger partial charge on any atom is 0.277 e. The van der Waals surface area contributed by atoms with E-state index in [0.29, 0.717) is 35.9 Å². The zero-order valence-corrected chi connectivity index (χ0v) is 20.0. The van der Waals surface area contributed by atoms with Crippen LogP contribution >= 0.6 is 11.6 Å². The number of carbonyl (C=O) groups excluding carboxylic acids is 1. The fourth-order valence-electron chi connectivity index (χ4n) is 3.55. The standard InChI is InChI=1S/C21H27ClN6O2.C2H6/c1-3-4-10-27(11-9-23)20-15(12-14-7-5-6-8-16(14)22)18-21(30)26(2)17(19(24)29)13-28(18)25-20;1-2/h5-8,13H,3-4,9-12,23H2,1-2H3,(H2,24,29);1-2H3. The van der Waals surface area contributed by atoms with Crippen molar-refractivity contribution in [3.63, 3.8) is 0 Å². The van der Waals surface area contributed by atoms with Crippen LogP contribution in [-0.4, -0.2) is 39.7 Å². The SMILES string of the molecule is CC.CCCCN(CCN)c1nn2cc(C(N)=O)n(C)c(=O)c2c1Cc1ccccc1Cl. The van der Waals surface area contributed by atoms with Gasteiger partial charge in [-0.3, -0.25) is 9.59 Å². The van der Waals surface area contributed by atoms with E-state index in [-0.39, 0.29) is 11.3 Å². The van der Waals surface area contributed by atoms with E-state index in [1.807, 2.05) is 38.1 Å². The summed E-state index contributed by atoms with van der Waals surface area (Å²) in [5.41, 5.74) is 13.1. The number of rotatable bonds is 9. The summed E-state index contributed by atoms with van der Waals surface area (Å²) in [6.07, 6.45) is 3.90. The minimum atomic E-state index is -0.689. The Labute approximate surface area is 193 Å². The molecule has 174 valence electrons. The van der Waals surface area contributed by atoms with Gasteiger partial charge in [0, 0.05) is 43.7 Å². The largest absolute Gasteiger partial charge is 0.364 e. The Balaban J connectivity index is 0.00000176. The molecule has 9 heteroatoms. The lowest BCUT2D eigenvalue weighted by Gasteiger charge is -2.23. The van der Waals surface area contributed by atoms with E-state index >= 15 is 0 Å². The number of primary amides is 1. The van der Waals surface area contributed by atoms with E-state index in [4.69, 9.17) is 23.1 Å². The summed E-state index contributed by atoms with van der Waals surface area (Å²) in [4.78, 5) is 27.1. The zero-order valence-electron chi connectivity index (χ0n) is 19.3. The molecule has 0 aliphatic heterocycles. The van der Waals surface area contributed by atoms with Gasteiger partial charge in [0.15, 0.2) is 5.82 Å². The lowest BCUT2D eigenvalue weighted by atomic mass is 10.0. The average molecular weight is 461 g/mol. The number of unbranched alkanes of at least 4 members (excludes halogenated alkanes) is 1. The summed E-state index contributed by atoms with van der Waals surface area (Å²) in [5.74, 6) is -0.0152. The second-order valence-electron chi connectivity index (χ2n) is 7.24. The second-order valence-corrected chi connectivity index (χ2v) is 7.64. The number of nitrogens with zero attached hydrogens (tertiary/aromatic N) is 4. The summed E-state index contributed by atoms with van der Waals surface area (Å²) < 4.78 is 2.72. The Hall–Kier alpha value is -2.84. The van der Waals surface area contributed by atoms with Gasteiger partial charge < -0.3 is 20.9 Å². The van der Waals surface area contributed by atoms with Gasteiger partial charge >= 0.3 is 0 Å². The third-order valence-electron chi connectivity index (χ3n) is 5.16. The van der Waals surface area contributed by atoms with Crippen LogP contribution in [0.5, 0.6) is 0 Å². The molecule has 0 aliphatic carbocycles. The number of hydrogen-bond acceptors (Lipinski definition) is 5. The van der Waals surface area contributed by atoms with Gasteiger partial charge in [-0.2, -0.15) is 0 Å². The highest BCUT2D eigenvalue weighted by Gasteiger charge is 2.23. The van der Waals surface area contributed by atoms with Crippen LogP contribution in [0.15, 0.2) is 35.3 Å². The van der Waals surface area contributed by atoms with Gasteiger partial charge in [-0.25, -0.2) is 4.52 Å². The van der Waals surface area contributed by atoms with Crippen LogP contribution < -0.4 is 21.9 Å². The molecule has 0 unspecified atom stereocenters. The highest BCUT2D eigenvalue weighted by molar-refractivity contribution is 6.31. The van der Waals surface area contributed by atoms with Gasteiger partial charge in [0.2, 0.25) is 0 Å². The monoisotopic (exact) mass is 460 g/mol. The van der Waals surface area contributed by atoms with Crippen LogP contribution in [0.2, 0.25) is 5.02 Å². The van der Waals surface area contributed by atoms with Gasteiger partial charge in [-0.1, -0.05) is 57.0 Å². The number of hydrogen-bond donors (Lipinski definition) is 2. The first-order chi connectivity index (χ1) is 15.4. The van der Waals surface area contributed by atoms with Gasteiger partial charge in [-0.15, -0.1) is 5.10 Å². The van der Waals surface area contributed by atoms with Crippen LogP contribution in [0.1, 0.15) is 55.2 Å². The number of carbonyl (C=O) groups is 1. The molecule has 0 saturated carbocycles. The van der Waals surface area contributed by atoms with Crippen molar-refractivity contribution in [2.24, 2.45) is 18.5 Å². The Morgan fingerprint density at radius 2 is 1.91 bits per heavy atom. The molecule has 1 aromatic carbocycles. The number of fused-ring (bicyclic) bond motifs is 1. The van der Waals surface area contributed by atoms with E-state index in [1.54, 1.807) is 0 Å². The molecule has 3 rings (SSSR count). The lowest BCUT2D eigenvalue weighted by molar-refractivity contribution is 0.0990. The number of aromatic nitrogens is 3. The Bertz CT molecular complexity index is 1120. The van der Waals surface area contributed by atoms with Crippen LogP contribution in [0.4, 0.5) is 5.82 Å². The van der Waals surface area contributed by atoms with Crippen molar-refractivity contribution in [2.45, 2.75) is 40.0 Å². The van der Waals surface area contributed by atoms with E-state index in [0.717, 1.165) is 30.5 Å². The van der Waals surface area contributed by atoms with Crippen molar-refractivity contribution in [1.82, 2.24) is 14.2 Å². The summed E-state index contributed by atoms with van der Waals surface area (Å²) in [6, 6.07) is 7.52. The third kappa shape index (κ3) is 5.31. The fourth-order valence-corrected chi connectivity index (χ4v) is 3.76. The lowest BCUT2D eigenvalue weighted by Crippen LogP contribution is -2.31. The maximum absolute atomic E-state index is 13.2. The quantitative estimate of drug-likeness (QED) is 0.509. The first-order valence-corrected chi connectivity index (χ1v) is 11.4. The zero-order chi connectivity index (χ0) is 23.8. The predicted octanol–water partition coefficient (Wildman–Crippen LogP) is 2.97. The highest BCUT2D eigenvalue weighted by atomic mass is 35.5. The topological polar surface area (TPSA) is 112 Å². The molecule has 1 amide bonds. The Morgan fingerprint density at radius 3 is 2.50 bits per heavy atom. The molecule has 2 heterocycles. The normalized spacial score (nSPS) is 10.7. The van der Waals surface area contributed by atoms with Crippen molar-refractivity contribution in [2.75, 3.05) is 24.5 Å². The molecular weight excluding hydrogens is 428 g/mol. The molecule has 0 atom stereocenters. The maximum atomic E-state index is 13.2. The first kappa shape index (κ1) is 25.4. The molecule has 2 aromatic heterocycles. The number of nitrogens with two attached hydrogens (primary N) is 2. The minimum Gasteiger partial charge on any atom is -0.364 e. The van der Waals surface area contributed by atoms with Gasteiger partial charge in [0.1, 0.15) is 11.2 Å². The van der Waals surface area contributed by atoms with Gasteiger partial charge in [0.25, 0.3) is 11.5 Å². The Kier molecular flexibility index (Phi) is 9.28. The number of anilines is 1. The van der Waals surface area contributed by atoms with E-state index in [9.17, 15) is 9.59 Å². The average Bonchev–Trinajstić information content (AvgIpc) is 3.14. The predicted molar refractivity (Wildman–Crippen MR) is 131 cm³/mol. The number of halogens is 1. The first-order valence-electron chi connectivity index (χ1n) is 11.0. The number of amides is 1. The van der Waals surface area contributed by atoms with Crippen LogP contribution in [0.3, 0.4) is 0 Å². The van der Waals surface area contributed by atoms with Crippen molar-refractivity contribution in [3.05, 3.63) is 62.7 Å². The molecule has 0 aliphatic rings. The van der Waals surface area contributed by atoms with Crippen molar-refractivity contribution >= 4 is 28.8 Å². The van der Waals surface area contributed by atoms with E-state index in [1.165, 1.54) is 22.3 Å². The molecule has 0 spiro atoms. The summed E-state index contributed by atoms with van der Waals surface area (Å²) in [6.45, 7) is 7.93. The van der Waals surface area contributed by atoms with E-state index < -0.39 is 5.91 Å². The molecule has 0 fully saturated rings. The van der Waals surface area contributed by atoms with Crippen molar-refractivity contribution in [1.29, 1.82) is 0 Å². The molecular formula is C23H33ClN6O2. The molecule has 0 radical (unpaired) electrons. The van der Waals surface area contributed by atoms with Crippen LogP contribution in [-0.2, 0) is 13.5 Å². The van der Waals surface area contributed by atoms with Crippen LogP contribution in [0, 0.1) is 0 Å². The van der Waals surface area contributed by atoms with Crippen molar-refractivity contribution in [3.8, 4) is 0 Å². The molecule has 8 nitrogen and oxygen atoms in total. The summed E-state index contributed by atoms with van der Waals surface area (Å²) >= 11 is 6.40. The molecule has 32 heavy (non-hydrogen) atoms. The molecule has 0 saturated heterocycles. The molecule has 4 N–H and O–H groups in total. The van der Waals surface area contributed by atoms with Gasteiger partial charge in [0.05, 0.1) is 6.20 Å². The van der Waals surface area contributed by atoms with E-state index in [2.05, 4.69) is 16.9 Å².